The van der Waals surface area contributed by atoms with Gasteiger partial charge in [-0.1, -0.05) is 30.3 Å². The Bertz CT molecular complexity index is 691. The quantitative estimate of drug-likeness (QED) is 0.809. The number of imidazole rings is 1. The molecule has 0 amide bonds. The van der Waals surface area contributed by atoms with E-state index in [1.165, 1.54) is 6.20 Å². The summed E-state index contributed by atoms with van der Waals surface area (Å²) in [6.07, 6.45) is 2.53. The molecule has 2 rings (SSSR count). The Morgan fingerprint density at radius 3 is 2.55 bits per heavy atom. The lowest BCUT2D eigenvalue weighted by atomic mass is 10.0. The topological polar surface area (TPSA) is 84.2 Å². The molecule has 1 unspecified atom stereocenters. The fourth-order valence-corrected chi connectivity index (χ4v) is 3.48. The molecule has 0 aliphatic rings. The van der Waals surface area contributed by atoms with Crippen LogP contribution in [0.3, 0.4) is 0 Å². The molecule has 6 nitrogen and oxygen atoms in total. The molecular formula is C15H21N3O3S. The zero-order chi connectivity index (χ0) is 16.2. The number of aliphatic hydroxyl groups is 1. The average Bonchev–Trinajstić information content (AvgIpc) is 2.85. The van der Waals surface area contributed by atoms with E-state index >= 15 is 0 Å². The van der Waals surface area contributed by atoms with E-state index in [9.17, 15) is 8.42 Å². The zero-order valence-corrected chi connectivity index (χ0v) is 13.5. The molecule has 0 fully saturated rings. The van der Waals surface area contributed by atoms with Crippen LogP contribution in [-0.2, 0) is 17.1 Å². The Labute approximate surface area is 130 Å². The van der Waals surface area contributed by atoms with Crippen molar-refractivity contribution in [3.63, 3.8) is 0 Å². The minimum atomic E-state index is -3.70. The molecule has 1 aromatic heterocycles. The van der Waals surface area contributed by atoms with Crippen molar-refractivity contribution in [1.82, 2.24) is 14.3 Å². The Morgan fingerprint density at radius 2 is 2.00 bits per heavy atom. The van der Waals surface area contributed by atoms with Gasteiger partial charge in [-0.05, 0) is 25.3 Å². The highest BCUT2D eigenvalue weighted by Gasteiger charge is 2.23. The summed E-state index contributed by atoms with van der Waals surface area (Å²) >= 11 is 0. The van der Waals surface area contributed by atoms with Crippen LogP contribution in [0.15, 0.2) is 41.6 Å². The molecule has 22 heavy (non-hydrogen) atoms. The molecule has 1 heterocycles. The highest BCUT2D eigenvalue weighted by atomic mass is 32.2. The van der Waals surface area contributed by atoms with Crippen LogP contribution in [0.1, 0.15) is 30.3 Å². The van der Waals surface area contributed by atoms with Crippen LogP contribution in [0.4, 0.5) is 0 Å². The van der Waals surface area contributed by atoms with Crippen LogP contribution in [0.2, 0.25) is 0 Å². The normalized spacial score (nSPS) is 13.2. The van der Waals surface area contributed by atoms with Gasteiger partial charge in [0, 0.05) is 25.9 Å². The largest absolute Gasteiger partial charge is 0.396 e. The molecule has 1 aromatic carbocycles. The van der Waals surface area contributed by atoms with Gasteiger partial charge in [0.2, 0.25) is 0 Å². The van der Waals surface area contributed by atoms with Gasteiger partial charge in [0.25, 0.3) is 10.0 Å². The average molecular weight is 323 g/mol. The first-order chi connectivity index (χ1) is 10.4. The van der Waals surface area contributed by atoms with Crippen molar-refractivity contribution in [2.24, 2.45) is 7.05 Å². The van der Waals surface area contributed by atoms with E-state index in [0.29, 0.717) is 18.7 Å². The van der Waals surface area contributed by atoms with E-state index in [1.54, 1.807) is 18.5 Å². The van der Waals surface area contributed by atoms with Crippen molar-refractivity contribution in [1.29, 1.82) is 0 Å². The fourth-order valence-electron chi connectivity index (χ4n) is 2.18. The number of hydrogen-bond donors (Lipinski definition) is 2. The summed E-state index contributed by atoms with van der Waals surface area (Å²) < 4.78 is 29.3. The minimum absolute atomic E-state index is 0.0115. The summed E-state index contributed by atoms with van der Waals surface area (Å²) in [5, 5.41) is 9.04. The molecule has 0 radical (unpaired) electrons. The number of sulfonamides is 1. The Morgan fingerprint density at radius 1 is 1.32 bits per heavy atom. The van der Waals surface area contributed by atoms with Gasteiger partial charge in [0.15, 0.2) is 5.03 Å². The number of aliphatic hydroxyl groups excluding tert-OH is 1. The third kappa shape index (κ3) is 3.94. The summed E-state index contributed by atoms with van der Waals surface area (Å²) in [4.78, 5) is 4.07. The van der Waals surface area contributed by atoms with Crippen LogP contribution in [0, 0.1) is 6.92 Å². The first kappa shape index (κ1) is 16.7. The van der Waals surface area contributed by atoms with Crippen LogP contribution < -0.4 is 4.72 Å². The maximum atomic E-state index is 12.5. The number of nitrogens with one attached hydrogen (secondary N) is 1. The second-order valence-electron chi connectivity index (χ2n) is 5.19. The third-order valence-electron chi connectivity index (χ3n) is 3.51. The van der Waals surface area contributed by atoms with Crippen molar-refractivity contribution in [3.8, 4) is 0 Å². The van der Waals surface area contributed by atoms with Gasteiger partial charge < -0.3 is 9.67 Å². The van der Waals surface area contributed by atoms with Gasteiger partial charge in [-0.3, -0.25) is 0 Å². The zero-order valence-electron chi connectivity index (χ0n) is 12.7. The molecule has 1 atom stereocenters. The second-order valence-corrected chi connectivity index (χ2v) is 6.85. The lowest BCUT2D eigenvalue weighted by molar-refractivity contribution is 0.278. The summed E-state index contributed by atoms with van der Waals surface area (Å²) in [5.41, 5.74) is 0.868. The van der Waals surface area contributed by atoms with Crippen LogP contribution in [-0.4, -0.2) is 29.7 Å². The fraction of sp³-hybridized carbons (Fsp3) is 0.400. The number of rotatable bonds is 7. The molecule has 0 spiro atoms. The number of hydrogen-bond acceptors (Lipinski definition) is 4. The number of benzene rings is 1. The number of aromatic nitrogens is 2. The smallest absolute Gasteiger partial charge is 0.260 e. The van der Waals surface area contributed by atoms with Gasteiger partial charge >= 0.3 is 0 Å². The maximum Gasteiger partial charge on any atom is 0.260 e. The molecule has 7 heteroatoms. The monoisotopic (exact) mass is 323 g/mol. The van der Waals surface area contributed by atoms with Crippen molar-refractivity contribution >= 4 is 10.0 Å². The molecule has 0 aliphatic heterocycles. The second kappa shape index (κ2) is 7.04. The predicted octanol–water partition coefficient (Wildman–Crippen LogP) is 1.52. The molecule has 2 N–H and O–H groups in total. The molecule has 120 valence electrons. The highest BCUT2D eigenvalue weighted by Crippen LogP contribution is 2.21. The minimum Gasteiger partial charge on any atom is -0.396 e. The molecule has 0 bridgehead atoms. The van der Waals surface area contributed by atoms with Crippen molar-refractivity contribution in [2.45, 2.75) is 30.8 Å². The van der Waals surface area contributed by atoms with E-state index in [0.717, 1.165) is 5.56 Å². The standard InChI is InChI=1S/C15H21N3O3S/c1-12-16-15(11-18(12)2)22(20,21)17-14(9-6-10-19)13-7-4-3-5-8-13/h3-5,7-8,11,14,17,19H,6,9-10H2,1-2H3. The molecule has 0 aliphatic carbocycles. The Hall–Kier alpha value is -1.70. The van der Waals surface area contributed by atoms with E-state index in [4.69, 9.17) is 5.11 Å². The van der Waals surface area contributed by atoms with Gasteiger partial charge in [0.05, 0.1) is 0 Å². The van der Waals surface area contributed by atoms with Crippen LogP contribution >= 0.6 is 0 Å². The van der Waals surface area contributed by atoms with Crippen molar-refractivity contribution < 1.29 is 13.5 Å². The van der Waals surface area contributed by atoms with Crippen molar-refractivity contribution in [2.75, 3.05) is 6.61 Å². The summed E-state index contributed by atoms with van der Waals surface area (Å²) in [6.45, 7) is 1.77. The van der Waals surface area contributed by atoms with Crippen LogP contribution in [0.5, 0.6) is 0 Å². The van der Waals surface area contributed by atoms with E-state index in [2.05, 4.69) is 9.71 Å². The molecule has 0 saturated carbocycles. The van der Waals surface area contributed by atoms with E-state index in [-0.39, 0.29) is 17.7 Å². The summed E-state index contributed by atoms with van der Waals surface area (Å²) in [7, 11) is -1.95. The van der Waals surface area contributed by atoms with E-state index in [1.807, 2.05) is 30.3 Å². The molecule has 2 aromatic rings. The van der Waals surface area contributed by atoms with Gasteiger partial charge in [0.1, 0.15) is 5.82 Å². The number of aryl methyl sites for hydroxylation is 2. The first-order valence-corrected chi connectivity index (χ1v) is 8.60. The first-order valence-electron chi connectivity index (χ1n) is 7.12. The Balaban J connectivity index is 2.25. The lowest BCUT2D eigenvalue weighted by Gasteiger charge is -2.18. The summed E-state index contributed by atoms with van der Waals surface area (Å²) in [6, 6.07) is 8.95. The summed E-state index contributed by atoms with van der Waals surface area (Å²) in [5.74, 6) is 0.631. The Kier molecular flexibility index (Phi) is 5.33. The third-order valence-corrected chi connectivity index (χ3v) is 4.85. The van der Waals surface area contributed by atoms with Crippen molar-refractivity contribution in [3.05, 3.63) is 47.9 Å². The van der Waals surface area contributed by atoms with E-state index < -0.39 is 10.0 Å². The molecule has 0 saturated heterocycles. The van der Waals surface area contributed by atoms with Gasteiger partial charge in [-0.15, -0.1) is 0 Å². The predicted molar refractivity (Wildman–Crippen MR) is 83.8 cm³/mol. The number of nitrogens with zero attached hydrogens (tertiary/aromatic N) is 2. The van der Waals surface area contributed by atoms with Crippen LogP contribution in [0.25, 0.3) is 0 Å². The van der Waals surface area contributed by atoms with Gasteiger partial charge in [-0.2, -0.15) is 0 Å². The van der Waals surface area contributed by atoms with Gasteiger partial charge in [-0.25, -0.2) is 18.1 Å². The highest BCUT2D eigenvalue weighted by molar-refractivity contribution is 7.89. The lowest BCUT2D eigenvalue weighted by Crippen LogP contribution is -2.29. The maximum absolute atomic E-state index is 12.5. The SMILES string of the molecule is Cc1nc(S(=O)(=O)NC(CCCO)c2ccccc2)cn1C. The molecular weight excluding hydrogens is 302 g/mol.